The van der Waals surface area contributed by atoms with Crippen LogP contribution in [0, 0.1) is 6.92 Å². The van der Waals surface area contributed by atoms with Crippen molar-refractivity contribution in [1.82, 2.24) is 20.0 Å². The Morgan fingerprint density at radius 2 is 1.92 bits per heavy atom. The van der Waals surface area contributed by atoms with Gasteiger partial charge in [0.15, 0.2) is 15.0 Å². The van der Waals surface area contributed by atoms with Gasteiger partial charge in [-0.2, -0.15) is 4.98 Å². The number of hydrazine groups is 1. The van der Waals surface area contributed by atoms with Crippen molar-refractivity contribution < 1.29 is 17.9 Å². The molecule has 2 aromatic heterocycles. The third kappa shape index (κ3) is 6.80. The molecule has 198 valence electrons. The summed E-state index contributed by atoms with van der Waals surface area (Å²) in [6.45, 7) is 5.82. The van der Waals surface area contributed by atoms with Crippen LogP contribution in [0.25, 0.3) is 0 Å². The summed E-state index contributed by atoms with van der Waals surface area (Å²) in [6, 6.07) is 8.85. The lowest BCUT2D eigenvalue weighted by Gasteiger charge is -2.39. The van der Waals surface area contributed by atoms with E-state index in [2.05, 4.69) is 25.3 Å². The fourth-order valence-corrected chi connectivity index (χ4v) is 5.44. The number of carbonyl (C=O) groups is 1. The molecule has 0 saturated carbocycles. The first kappa shape index (κ1) is 26.9. The van der Waals surface area contributed by atoms with E-state index in [0.717, 1.165) is 31.5 Å². The fourth-order valence-electron chi connectivity index (χ4n) is 3.95. The predicted molar refractivity (Wildman–Crippen MR) is 143 cm³/mol. The average molecular weight is 546 g/mol. The molecule has 1 aliphatic rings. The molecule has 3 N–H and O–H groups in total. The first-order valence-electron chi connectivity index (χ1n) is 12.0. The van der Waals surface area contributed by atoms with Gasteiger partial charge in [0, 0.05) is 37.7 Å². The van der Waals surface area contributed by atoms with Gasteiger partial charge in [-0.3, -0.25) is 10.3 Å². The first-order chi connectivity index (χ1) is 17.6. The Kier molecular flexibility index (Phi) is 8.37. The van der Waals surface area contributed by atoms with Crippen molar-refractivity contribution in [2.75, 3.05) is 36.3 Å². The highest BCUT2D eigenvalue weighted by Gasteiger charge is 2.24. The molecule has 0 radical (unpaired) electrons. The van der Waals surface area contributed by atoms with E-state index >= 15 is 0 Å². The van der Waals surface area contributed by atoms with Gasteiger partial charge in [0.1, 0.15) is 10.7 Å². The number of piperidine rings is 1. The van der Waals surface area contributed by atoms with Gasteiger partial charge in [0.25, 0.3) is 0 Å². The van der Waals surface area contributed by atoms with Crippen molar-refractivity contribution in [3.63, 3.8) is 0 Å². The number of rotatable bonds is 9. The molecule has 37 heavy (non-hydrogen) atoms. The quantitative estimate of drug-likeness (QED) is 0.383. The highest BCUT2D eigenvalue weighted by molar-refractivity contribution is 7.90. The fraction of sp³-hybridized carbons (Fsp3) is 0.417. The number of hydrogen-bond acceptors (Lipinski definition) is 12. The summed E-state index contributed by atoms with van der Waals surface area (Å²) in [5, 5.41) is 7.85. The van der Waals surface area contributed by atoms with E-state index in [1.165, 1.54) is 17.6 Å². The Bertz CT molecular complexity index is 1340. The van der Waals surface area contributed by atoms with Crippen LogP contribution in [0.5, 0.6) is 0 Å². The van der Waals surface area contributed by atoms with Crippen LogP contribution >= 0.6 is 11.3 Å². The zero-order chi connectivity index (χ0) is 26.6. The van der Waals surface area contributed by atoms with Crippen LogP contribution in [0.2, 0.25) is 0 Å². The number of anilines is 3. The van der Waals surface area contributed by atoms with E-state index in [1.54, 1.807) is 32.2 Å². The van der Waals surface area contributed by atoms with E-state index in [1.807, 2.05) is 18.2 Å². The first-order valence-corrected chi connectivity index (χ1v) is 14.7. The molecule has 4 rings (SSSR count). The molecule has 3 heterocycles. The predicted octanol–water partition coefficient (Wildman–Crippen LogP) is 2.91. The molecule has 0 spiro atoms. The SMILES string of the molecule is CCOC(=O)c1sc(Nc2nccc(N(Cc3ccc(S(C)(=O)=O)cc3)N3CCC(N)CC3)n2)nc1C. The van der Waals surface area contributed by atoms with Crippen LogP contribution in [-0.4, -0.2) is 66.3 Å². The molecule has 3 aromatic rings. The second kappa shape index (κ2) is 11.5. The molecular weight excluding hydrogens is 514 g/mol. The number of hydrogen-bond donors (Lipinski definition) is 2. The number of aromatic nitrogens is 3. The number of carbonyl (C=O) groups excluding carboxylic acids is 1. The van der Waals surface area contributed by atoms with Crippen LogP contribution in [-0.2, 0) is 21.1 Å². The number of ether oxygens (including phenoxy) is 1. The van der Waals surface area contributed by atoms with E-state index in [0.29, 0.717) is 34.0 Å². The monoisotopic (exact) mass is 545 g/mol. The lowest BCUT2D eigenvalue weighted by atomic mass is 10.1. The van der Waals surface area contributed by atoms with Crippen molar-refractivity contribution in [3.05, 3.63) is 52.7 Å². The third-order valence-corrected chi connectivity index (χ3v) is 8.10. The zero-order valence-electron chi connectivity index (χ0n) is 21.0. The minimum atomic E-state index is -3.27. The number of esters is 1. The van der Waals surface area contributed by atoms with E-state index < -0.39 is 15.8 Å². The standard InChI is InChI=1S/C24H31N7O4S2/c1-4-35-22(32)21-16(2)27-24(36-21)29-23-26-12-9-20(28-23)31(30-13-10-18(25)11-14-30)15-17-5-7-19(8-6-17)37(3,33)34/h5-9,12,18H,4,10-11,13-15,25H2,1-3H3,(H,26,27,28,29). The van der Waals surface area contributed by atoms with Crippen LogP contribution in [0.1, 0.15) is 40.7 Å². The van der Waals surface area contributed by atoms with Gasteiger partial charge in [-0.25, -0.2) is 28.2 Å². The molecule has 0 unspecified atom stereocenters. The summed E-state index contributed by atoms with van der Waals surface area (Å²) >= 11 is 1.19. The molecule has 0 atom stereocenters. The highest BCUT2D eigenvalue weighted by Crippen LogP contribution is 2.27. The van der Waals surface area contributed by atoms with Crippen molar-refractivity contribution in [2.24, 2.45) is 5.73 Å². The van der Waals surface area contributed by atoms with E-state index in [-0.39, 0.29) is 17.5 Å². The topological polar surface area (TPSA) is 144 Å². The number of aryl methyl sites for hydroxylation is 1. The molecule has 1 aromatic carbocycles. The summed E-state index contributed by atoms with van der Waals surface area (Å²) in [7, 11) is -3.27. The number of benzene rings is 1. The maximum atomic E-state index is 12.2. The van der Waals surface area contributed by atoms with Crippen LogP contribution < -0.4 is 16.1 Å². The molecule has 0 aliphatic carbocycles. The Morgan fingerprint density at radius 1 is 1.22 bits per heavy atom. The third-order valence-electron chi connectivity index (χ3n) is 5.92. The van der Waals surface area contributed by atoms with Gasteiger partial charge in [0.05, 0.1) is 23.7 Å². The summed E-state index contributed by atoms with van der Waals surface area (Å²) in [5.41, 5.74) is 7.64. The molecule has 1 fully saturated rings. The van der Waals surface area contributed by atoms with Gasteiger partial charge in [-0.15, -0.1) is 0 Å². The molecule has 0 bridgehead atoms. The van der Waals surface area contributed by atoms with Crippen molar-refractivity contribution >= 4 is 44.0 Å². The maximum Gasteiger partial charge on any atom is 0.350 e. The smallest absolute Gasteiger partial charge is 0.350 e. The summed E-state index contributed by atoms with van der Waals surface area (Å²) in [4.78, 5) is 26.3. The van der Waals surface area contributed by atoms with Gasteiger partial charge < -0.3 is 10.5 Å². The minimum Gasteiger partial charge on any atom is -0.462 e. The normalized spacial score (nSPS) is 14.9. The van der Waals surface area contributed by atoms with E-state index in [9.17, 15) is 13.2 Å². The lowest BCUT2D eigenvalue weighted by molar-refractivity contribution is 0.0531. The number of nitrogens with one attached hydrogen (secondary N) is 1. The van der Waals surface area contributed by atoms with Crippen LogP contribution in [0.3, 0.4) is 0 Å². The van der Waals surface area contributed by atoms with Gasteiger partial charge in [0.2, 0.25) is 5.95 Å². The highest BCUT2D eigenvalue weighted by atomic mass is 32.2. The van der Waals surface area contributed by atoms with Crippen molar-refractivity contribution in [1.29, 1.82) is 0 Å². The Labute approximate surface area is 220 Å². The molecular formula is C24H31N7O4S2. The van der Waals surface area contributed by atoms with E-state index in [4.69, 9.17) is 15.5 Å². The largest absolute Gasteiger partial charge is 0.462 e. The summed E-state index contributed by atoms with van der Waals surface area (Å²) in [6.07, 6.45) is 4.57. The summed E-state index contributed by atoms with van der Waals surface area (Å²) in [5.74, 6) is 0.600. The maximum absolute atomic E-state index is 12.2. The Balaban J connectivity index is 1.58. The van der Waals surface area contributed by atoms with Gasteiger partial charge in [-0.1, -0.05) is 23.5 Å². The molecule has 11 nitrogen and oxygen atoms in total. The van der Waals surface area contributed by atoms with Gasteiger partial charge >= 0.3 is 5.97 Å². The zero-order valence-corrected chi connectivity index (χ0v) is 22.7. The molecule has 1 aliphatic heterocycles. The average Bonchev–Trinajstić information content (AvgIpc) is 3.23. The molecule has 1 saturated heterocycles. The van der Waals surface area contributed by atoms with Crippen molar-refractivity contribution in [3.8, 4) is 0 Å². The Hall–Kier alpha value is -3.13. The molecule has 0 amide bonds. The van der Waals surface area contributed by atoms with Crippen LogP contribution in [0.15, 0.2) is 41.4 Å². The second-order valence-corrected chi connectivity index (χ2v) is 11.8. The minimum absolute atomic E-state index is 0.163. The number of nitrogens with zero attached hydrogens (tertiary/aromatic N) is 5. The van der Waals surface area contributed by atoms with Crippen molar-refractivity contribution in [2.45, 2.75) is 44.2 Å². The number of sulfone groups is 1. The lowest BCUT2D eigenvalue weighted by Crippen LogP contribution is -2.49. The number of nitrogens with two attached hydrogens (primary N) is 1. The summed E-state index contributed by atoms with van der Waals surface area (Å²) < 4.78 is 28.8. The Morgan fingerprint density at radius 3 is 2.57 bits per heavy atom. The van der Waals surface area contributed by atoms with Crippen LogP contribution in [0.4, 0.5) is 16.9 Å². The van der Waals surface area contributed by atoms with Gasteiger partial charge in [-0.05, 0) is 44.4 Å². The second-order valence-electron chi connectivity index (χ2n) is 8.78. The molecule has 13 heteroatoms. The number of thiazole rings is 1.